The fraction of sp³-hybridized carbons (Fsp3) is 0.182. The third kappa shape index (κ3) is 2.15. The van der Waals surface area contributed by atoms with E-state index in [4.69, 9.17) is 23.2 Å². The van der Waals surface area contributed by atoms with Crippen LogP contribution in [0.15, 0.2) is 18.2 Å². The lowest BCUT2D eigenvalue weighted by Gasteiger charge is -2.04. The molecule has 0 aliphatic heterocycles. The summed E-state index contributed by atoms with van der Waals surface area (Å²) in [6.07, 6.45) is 0. The molecule has 90 valence electrons. The maximum Gasteiger partial charge on any atom is 0.151 e. The Labute approximate surface area is 107 Å². The van der Waals surface area contributed by atoms with Crippen molar-refractivity contribution in [2.45, 2.75) is 12.8 Å². The van der Waals surface area contributed by atoms with Crippen molar-refractivity contribution in [3.8, 4) is 5.69 Å². The number of halogens is 4. The van der Waals surface area contributed by atoms with Crippen molar-refractivity contribution in [2.75, 3.05) is 0 Å². The second-order valence-corrected chi connectivity index (χ2v) is 4.12. The first-order valence-electron chi connectivity index (χ1n) is 4.80. The maximum atomic E-state index is 13.6. The van der Waals surface area contributed by atoms with Crippen molar-refractivity contribution in [3.63, 3.8) is 0 Å². The van der Waals surface area contributed by atoms with Gasteiger partial charge in [0.25, 0.3) is 0 Å². The van der Waals surface area contributed by atoms with Crippen LogP contribution < -0.4 is 0 Å². The topological polar surface area (TPSA) is 17.8 Å². The molecule has 0 spiro atoms. The Kier molecular flexibility index (Phi) is 3.35. The minimum atomic E-state index is -0.726. The standard InChI is InChI=1S/C11H8Cl2F2N2/c1-6-8(5-12)11(13)17(16-6)10-3-2-7(14)4-9(10)15/h2-4H,5H2,1H3. The Hall–Kier alpha value is -1.13. The molecule has 0 aliphatic carbocycles. The van der Waals surface area contributed by atoms with E-state index in [1.807, 2.05) is 0 Å². The Balaban J connectivity index is 2.61. The van der Waals surface area contributed by atoms with Crippen molar-refractivity contribution in [1.29, 1.82) is 0 Å². The van der Waals surface area contributed by atoms with E-state index in [9.17, 15) is 8.78 Å². The van der Waals surface area contributed by atoms with E-state index in [0.29, 0.717) is 11.3 Å². The van der Waals surface area contributed by atoms with Crippen molar-refractivity contribution in [1.82, 2.24) is 9.78 Å². The van der Waals surface area contributed by atoms with Crippen molar-refractivity contribution in [2.24, 2.45) is 0 Å². The summed E-state index contributed by atoms with van der Waals surface area (Å²) < 4.78 is 27.6. The van der Waals surface area contributed by atoms with Gasteiger partial charge in [0, 0.05) is 11.6 Å². The number of hydrogen-bond donors (Lipinski definition) is 0. The quantitative estimate of drug-likeness (QED) is 0.762. The highest BCUT2D eigenvalue weighted by molar-refractivity contribution is 6.31. The summed E-state index contributed by atoms with van der Waals surface area (Å²) in [5.74, 6) is -1.19. The molecule has 0 N–H and O–H groups in total. The van der Waals surface area contributed by atoms with Crippen LogP contribution in [0.5, 0.6) is 0 Å². The van der Waals surface area contributed by atoms with E-state index >= 15 is 0 Å². The second kappa shape index (κ2) is 4.63. The van der Waals surface area contributed by atoms with Gasteiger partial charge in [-0.2, -0.15) is 5.10 Å². The number of aryl methyl sites for hydroxylation is 1. The summed E-state index contributed by atoms with van der Waals surface area (Å²) in [6, 6.07) is 3.20. The molecule has 0 unspecified atom stereocenters. The lowest BCUT2D eigenvalue weighted by molar-refractivity contribution is 0.573. The summed E-state index contributed by atoms with van der Waals surface area (Å²) in [4.78, 5) is 0. The molecule has 17 heavy (non-hydrogen) atoms. The summed E-state index contributed by atoms with van der Waals surface area (Å²) in [6.45, 7) is 1.72. The highest BCUT2D eigenvalue weighted by Gasteiger charge is 2.16. The normalized spacial score (nSPS) is 10.9. The minimum absolute atomic E-state index is 0.0934. The van der Waals surface area contributed by atoms with E-state index in [-0.39, 0.29) is 16.7 Å². The molecule has 0 fully saturated rings. The van der Waals surface area contributed by atoms with Gasteiger partial charge >= 0.3 is 0 Å². The summed E-state index contributed by atoms with van der Waals surface area (Å²) in [5, 5.41) is 4.32. The average Bonchev–Trinajstić information content (AvgIpc) is 2.54. The van der Waals surface area contributed by atoms with Crippen molar-refractivity contribution >= 4 is 23.2 Å². The van der Waals surface area contributed by atoms with Gasteiger partial charge in [0.2, 0.25) is 0 Å². The minimum Gasteiger partial charge on any atom is -0.219 e. The van der Waals surface area contributed by atoms with Gasteiger partial charge in [-0.25, -0.2) is 13.5 Å². The van der Waals surface area contributed by atoms with Crippen LogP contribution in [-0.4, -0.2) is 9.78 Å². The van der Waals surface area contributed by atoms with Gasteiger partial charge in [-0.15, -0.1) is 11.6 Å². The number of benzene rings is 1. The molecule has 0 saturated carbocycles. The number of rotatable bonds is 2. The zero-order valence-corrected chi connectivity index (χ0v) is 10.4. The molecule has 1 aromatic heterocycles. The Morgan fingerprint density at radius 2 is 2.06 bits per heavy atom. The predicted octanol–water partition coefficient (Wildman–Crippen LogP) is 3.85. The predicted molar refractivity (Wildman–Crippen MR) is 62.8 cm³/mol. The van der Waals surface area contributed by atoms with Crippen LogP contribution in [0, 0.1) is 18.6 Å². The smallest absolute Gasteiger partial charge is 0.151 e. The number of aromatic nitrogens is 2. The van der Waals surface area contributed by atoms with Crippen LogP contribution in [-0.2, 0) is 5.88 Å². The maximum absolute atomic E-state index is 13.6. The van der Waals surface area contributed by atoms with Gasteiger partial charge < -0.3 is 0 Å². The molecule has 0 amide bonds. The number of hydrogen-bond acceptors (Lipinski definition) is 1. The molecule has 6 heteroatoms. The molecule has 0 bridgehead atoms. The molecule has 1 aromatic carbocycles. The molecule has 2 nitrogen and oxygen atoms in total. The van der Waals surface area contributed by atoms with Gasteiger partial charge in [0.15, 0.2) is 5.82 Å². The van der Waals surface area contributed by atoms with Crippen LogP contribution >= 0.6 is 23.2 Å². The highest BCUT2D eigenvalue weighted by Crippen LogP contribution is 2.26. The number of alkyl halides is 1. The van der Waals surface area contributed by atoms with E-state index < -0.39 is 11.6 Å². The third-order valence-corrected chi connectivity index (χ3v) is 3.05. The van der Waals surface area contributed by atoms with Crippen LogP contribution in [0.2, 0.25) is 5.15 Å². The molecular weight excluding hydrogens is 269 g/mol. The largest absolute Gasteiger partial charge is 0.219 e. The fourth-order valence-electron chi connectivity index (χ4n) is 1.50. The first-order valence-corrected chi connectivity index (χ1v) is 5.71. The Bertz CT molecular complexity index is 567. The Morgan fingerprint density at radius 1 is 1.35 bits per heavy atom. The SMILES string of the molecule is Cc1nn(-c2ccc(F)cc2F)c(Cl)c1CCl. The zero-order chi connectivity index (χ0) is 12.6. The van der Waals surface area contributed by atoms with Crippen molar-refractivity contribution in [3.05, 3.63) is 46.2 Å². The third-order valence-electron chi connectivity index (χ3n) is 2.39. The summed E-state index contributed by atoms with van der Waals surface area (Å²) in [7, 11) is 0. The Morgan fingerprint density at radius 3 is 2.59 bits per heavy atom. The lowest BCUT2D eigenvalue weighted by atomic mass is 10.3. The van der Waals surface area contributed by atoms with Gasteiger partial charge in [-0.05, 0) is 19.1 Å². The van der Waals surface area contributed by atoms with E-state index in [2.05, 4.69) is 5.10 Å². The summed E-state index contributed by atoms with van der Waals surface area (Å²) >= 11 is 11.7. The van der Waals surface area contributed by atoms with Gasteiger partial charge in [-0.3, -0.25) is 0 Å². The molecule has 2 rings (SSSR count). The van der Waals surface area contributed by atoms with Crippen molar-refractivity contribution < 1.29 is 8.78 Å². The highest BCUT2D eigenvalue weighted by atomic mass is 35.5. The van der Waals surface area contributed by atoms with Gasteiger partial charge in [-0.1, -0.05) is 11.6 Å². The fourth-order valence-corrected chi connectivity index (χ4v) is 2.22. The molecule has 1 heterocycles. The van der Waals surface area contributed by atoms with Gasteiger partial charge in [0.05, 0.1) is 11.6 Å². The first-order chi connectivity index (χ1) is 8.04. The molecular formula is C11H8Cl2F2N2. The lowest BCUT2D eigenvalue weighted by Crippen LogP contribution is -2.00. The average molecular weight is 277 g/mol. The molecule has 0 radical (unpaired) electrons. The van der Waals surface area contributed by atoms with E-state index in [0.717, 1.165) is 12.1 Å². The molecule has 0 aliphatic rings. The van der Waals surface area contributed by atoms with E-state index in [1.54, 1.807) is 6.92 Å². The second-order valence-electron chi connectivity index (χ2n) is 3.50. The van der Waals surface area contributed by atoms with Crippen LogP contribution in [0.3, 0.4) is 0 Å². The molecule has 0 saturated heterocycles. The monoisotopic (exact) mass is 276 g/mol. The summed E-state index contributed by atoms with van der Waals surface area (Å²) in [5.41, 5.74) is 1.35. The van der Waals surface area contributed by atoms with Crippen LogP contribution in [0.1, 0.15) is 11.3 Å². The van der Waals surface area contributed by atoms with Gasteiger partial charge in [0.1, 0.15) is 16.7 Å². The van der Waals surface area contributed by atoms with Crippen LogP contribution in [0.4, 0.5) is 8.78 Å². The molecule has 0 atom stereocenters. The van der Waals surface area contributed by atoms with Crippen LogP contribution in [0.25, 0.3) is 5.69 Å². The molecule has 2 aromatic rings. The first kappa shape index (κ1) is 12.3. The number of nitrogens with zero attached hydrogens (tertiary/aromatic N) is 2. The zero-order valence-electron chi connectivity index (χ0n) is 8.85. The van der Waals surface area contributed by atoms with E-state index in [1.165, 1.54) is 10.7 Å².